The lowest BCUT2D eigenvalue weighted by Crippen LogP contribution is -2.50. The average Bonchev–Trinajstić information content (AvgIpc) is 3.67. The zero-order chi connectivity index (χ0) is 58.3. The van der Waals surface area contributed by atoms with Crippen LogP contribution >= 0.6 is 0 Å². The number of imidazole rings is 2. The lowest BCUT2D eigenvalue weighted by molar-refractivity contribution is -0.128. The van der Waals surface area contributed by atoms with Crippen LogP contribution in [0.3, 0.4) is 0 Å². The number of carbonyl (C=O) groups is 4. The number of aromatic amines is 2. The maximum absolute atomic E-state index is 14.4. The van der Waals surface area contributed by atoms with Gasteiger partial charge in [-0.1, -0.05) is 95.5 Å². The molecule has 3 fully saturated rings. The summed E-state index contributed by atoms with van der Waals surface area (Å²) >= 11 is 0. The number of benzene rings is 5. The van der Waals surface area contributed by atoms with Gasteiger partial charge in [0.2, 0.25) is 5.91 Å². The van der Waals surface area contributed by atoms with E-state index in [4.69, 9.17) is 29.9 Å². The van der Waals surface area contributed by atoms with E-state index in [0.717, 1.165) is 133 Å². The van der Waals surface area contributed by atoms with Gasteiger partial charge in [0.05, 0.1) is 53.9 Å². The Labute approximate surface area is 486 Å². The van der Waals surface area contributed by atoms with Crippen molar-refractivity contribution in [1.82, 2.24) is 34.6 Å². The van der Waals surface area contributed by atoms with Crippen LogP contribution in [0.1, 0.15) is 99.7 Å². The number of unbranched alkanes of at least 4 members (excludes halogenated alkanes) is 4. The van der Waals surface area contributed by atoms with Crippen LogP contribution in [0.15, 0.2) is 109 Å². The number of aryl methyl sites for hydroxylation is 2. The molecule has 3 saturated heterocycles. The molecule has 3 amide bonds. The fraction of sp³-hybridized carbons (Fsp3) is 0.424. The molecule has 5 aromatic carbocycles. The third-order valence-electron chi connectivity index (χ3n) is 17.0. The molecule has 1 unspecified atom stereocenters. The van der Waals surface area contributed by atoms with Crippen molar-refractivity contribution in [3.05, 3.63) is 131 Å². The molecule has 0 saturated carbocycles. The number of nitrogens with zero attached hydrogens (tertiary/aromatic N) is 6. The third kappa shape index (κ3) is 13.7. The van der Waals surface area contributed by atoms with Crippen LogP contribution < -0.4 is 20.7 Å². The Morgan fingerprint density at radius 1 is 0.759 bits per heavy atom. The number of aromatic nitrogens is 4. The summed E-state index contributed by atoms with van der Waals surface area (Å²) in [4.78, 5) is 78.4. The van der Waals surface area contributed by atoms with Gasteiger partial charge in [-0.2, -0.15) is 0 Å². The summed E-state index contributed by atoms with van der Waals surface area (Å²) in [6.45, 7) is 16.9. The highest BCUT2D eigenvalue weighted by Gasteiger charge is 2.45. The van der Waals surface area contributed by atoms with Crippen LogP contribution in [0.4, 0.5) is 21.9 Å². The van der Waals surface area contributed by atoms with Crippen molar-refractivity contribution in [2.24, 2.45) is 17.8 Å². The second kappa shape index (κ2) is 26.1. The molecule has 5 N–H and O–H groups in total. The van der Waals surface area contributed by atoms with E-state index in [2.05, 4.69) is 99.4 Å². The summed E-state index contributed by atoms with van der Waals surface area (Å²) < 4.78 is 17.7. The molecule has 0 bridgehead atoms. The quantitative estimate of drug-likeness (QED) is 0.0284. The van der Waals surface area contributed by atoms with E-state index in [1.165, 1.54) is 16.2 Å². The molecule has 17 heteroatoms. The van der Waals surface area contributed by atoms with Gasteiger partial charge in [0.15, 0.2) is 6.23 Å². The van der Waals surface area contributed by atoms with Gasteiger partial charge in [-0.25, -0.2) is 14.8 Å². The monoisotopic (exact) mass is 1120 g/mol. The number of likely N-dealkylation sites (N-methyl/N-ethyl adjacent to an activating group) is 1. The standard InChI is InChI=1S/C66H80N10O7/c1-41(2)44(5)59(77)34-43(4)63(78)68-50-22-17-46(18-23-50)40-83-66(80)75-31-32-82-65(75)58-33-42(3)39-76(58)64(79)52-38-60(81-7)48(35-53(52)67)14-12-10-8-9-11-13-45-15-19-47(20-16-45)61-69-54-25-21-49(36-56(54)71-61)62-70-55-26-24-51(37-57(55)72-62)74-29-27-73(6)28-30-74/h15-26,35-38,41,43-44,58,65H,3,8-14,27-34,39-40,67H2,1-2,4-7H3,(H,68,78)(H,69,71)(H,70,72)/t43-,44+,58+,65?/m1/s1. The molecule has 0 aliphatic carbocycles. The van der Waals surface area contributed by atoms with Crippen molar-refractivity contribution < 1.29 is 33.4 Å². The van der Waals surface area contributed by atoms with E-state index >= 15 is 0 Å². The van der Waals surface area contributed by atoms with E-state index in [9.17, 15) is 19.2 Å². The van der Waals surface area contributed by atoms with Gasteiger partial charge in [-0.15, -0.1) is 0 Å². The Morgan fingerprint density at radius 3 is 2.12 bits per heavy atom. The smallest absolute Gasteiger partial charge is 0.412 e. The molecular formula is C66H80N10O7. The number of ether oxygens (including phenoxy) is 3. The highest BCUT2D eigenvalue weighted by molar-refractivity contribution is 6.00. The molecular weight excluding hydrogens is 1040 g/mol. The van der Waals surface area contributed by atoms with Gasteiger partial charge in [0.1, 0.15) is 29.8 Å². The second-order valence-corrected chi connectivity index (χ2v) is 23.4. The minimum absolute atomic E-state index is 0.00724. The molecule has 0 spiro atoms. The zero-order valence-corrected chi connectivity index (χ0v) is 49.0. The topological polar surface area (TPSA) is 204 Å². The molecule has 83 heavy (non-hydrogen) atoms. The van der Waals surface area contributed by atoms with E-state index < -0.39 is 24.3 Å². The van der Waals surface area contributed by atoms with Crippen LogP contribution in [0.2, 0.25) is 0 Å². The summed E-state index contributed by atoms with van der Waals surface area (Å²) in [5, 5.41) is 2.88. The predicted molar refractivity (Wildman–Crippen MR) is 327 cm³/mol. The number of H-pyrrole nitrogens is 2. The maximum Gasteiger partial charge on any atom is 0.412 e. The minimum atomic E-state index is -0.745. The number of anilines is 3. The number of carbonyl (C=O) groups excluding carboxylic acids is 4. The van der Waals surface area contributed by atoms with Crippen molar-refractivity contribution in [2.45, 2.75) is 104 Å². The predicted octanol–water partition coefficient (Wildman–Crippen LogP) is 11.4. The second-order valence-electron chi connectivity index (χ2n) is 23.4. The van der Waals surface area contributed by atoms with Gasteiger partial charge in [0, 0.05) is 79.2 Å². The minimum Gasteiger partial charge on any atom is -0.496 e. The van der Waals surface area contributed by atoms with Crippen molar-refractivity contribution in [3.63, 3.8) is 0 Å². The molecule has 2 aromatic heterocycles. The molecule has 0 radical (unpaired) electrons. The van der Waals surface area contributed by atoms with E-state index in [1.54, 1.807) is 49.3 Å². The first-order valence-electron chi connectivity index (χ1n) is 29.5. The number of fused-ring (bicyclic) bond motifs is 2. The number of rotatable bonds is 22. The van der Waals surface area contributed by atoms with E-state index in [0.29, 0.717) is 42.2 Å². The van der Waals surface area contributed by atoms with Crippen LogP contribution in [0.5, 0.6) is 5.75 Å². The van der Waals surface area contributed by atoms with Crippen molar-refractivity contribution in [1.29, 1.82) is 0 Å². The van der Waals surface area contributed by atoms with Gasteiger partial charge in [0.25, 0.3) is 5.91 Å². The molecule has 3 aliphatic heterocycles. The molecule has 7 aromatic rings. The molecule has 5 heterocycles. The van der Waals surface area contributed by atoms with Crippen LogP contribution in [0.25, 0.3) is 44.8 Å². The number of likely N-dealkylation sites (tertiary alicyclic amines) is 1. The van der Waals surface area contributed by atoms with Crippen LogP contribution in [-0.4, -0.2) is 131 Å². The number of hydrogen-bond donors (Lipinski definition) is 4. The lowest BCUT2D eigenvalue weighted by atomic mass is 9.88. The number of amides is 3. The number of nitrogen functional groups attached to an aromatic ring is 1. The molecule has 10 rings (SSSR count). The number of hydrogen-bond acceptors (Lipinski definition) is 12. The fourth-order valence-electron chi connectivity index (χ4n) is 11.5. The highest BCUT2D eigenvalue weighted by atomic mass is 16.6. The fourth-order valence-corrected chi connectivity index (χ4v) is 11.5. The first kappa shape index (κ1) is 58.2. The maximum atomic E-state index is 14.4. The Bertz CT molecular complexity index is 3450. The van der Waals surface area contributed by atoms with E-state index in [-0.39, 0.29) is 49.1 Å². The molecule has 3 aliphatic rings. The van der Waals surface area contributed by atoms with Gasteiger partial charge in [-0.05, 0) is 122 Å². The molecule has 4 atom stereocenters. The van der Waals surface area contributed by atoms with Crippen LogP contribution in [-0.2, 0) is 38.5 Å². The van der Waals surface area contributed by atoms with Crippen molar-refractivity contribution >= 4 is 62.8 Å². The lowest BCUT2D eigenvalue weighted by Gasteiger charge is -2.34. The summed E-state index contributed by atoms with van der Waals surface area (Å²) in [6, 6.07) is 31.6. The third-order valence-corrected chi connectivity index (χ3v) is 17.0. The number of piperazine rings is 1. The first-order chi connectivity index (χ1) is 40.1. The summed E-state index contributed by atoms with van der Waals surface area (Å²) in [5.41, 5.74) is 18.9. The normalized spacial score (nSPS) is 17.4. The zero-order valence-electron chi connectivity index (χ0n) is 49.0. The van der Waals surface area contributed by atoms with Gasteiger partial charge < -0.3 is 49.9 Å². The SMILES string of the molecule is C=C1C[C@@H](C2OCCN2C(=O)OCc2ccc(NC(=O)[C@H](C)CC(=O)[C@@H](C)C(C)C)cc2)N(C(=O)c2cc(OC)c(CCCCCCCc3ccc(-c4nc5ccc(-c6nc7ccc(N8CCN(C)CC8)cc7[nH]6)cc5[nH]4)cc3)cc2N)C1. The first-order valence-corrected chi connectivity index (χ1v) is 29.5. The summed E-state index contributed by atoms with van der Waals surface area (Å²) in [7, 11) is 3.79. The number of nitrogens with one attached hydrogen (secondary N) is 3. The number of Topliss-reactive ketones (excluding diaryl/α,β-unsaturated/α-hetero) is 1. The molecule has 436 valence electrons. The number of nitrogens with two attached hydrogens (primary N) is 1. The Balaban J connectivity index is 0.662. The van der Waals surface area contributed by atoms with Crippen molar-refractivity contribution in [2.75, 3.05) is 76.0 Å². The number of ketones is 1. The van der Waals surface area contributed by atoms with Gasteiger partial charge >= 0.3 is 6.09 Å². The van der Waals surface area contributed by atoms with Gasteiger partial charge in [-0.3, -0.25) is 19.3 Å². The number of methoxy groups -OCH3 is 1. The largest absolute Gasteiger partial charge is 0.496 e. The summed E-state index contributed by atoms with van der Waals surface area (Å²) in [5.74, 6) is 1.49. The average molecular weight is 1130 g/mol. The Kier molecular flexibility index (Phi) is 18.3. The highest BCUT2D eigenvalue weighted by Crippen LogP contribution is 2.35. The van der Waals surface area contributed by atoms with Crippen LogP contribution in [0, 0.1) is 17.8 Å². The molecule has 17 nitrogen and oxygen atoms in total. The van der Waals surface area contributed by atoms with E-state index in [1.807, 2.05) is 26.8 Å². The Hall–Kier alpha value is -8.02. The Morgan fingerprint density at radius 2 is 1.41 bits per heavy atom. The van der Waals surface area contributed by atoms with Crippen molar-refractivity contribution in [3.8, 4) is 28.5 Å². The summed E-state index contributed by atoms with van der Waals surface area (Å²) in [6.07, 6.45) is 6.41.